The summed E-state index contributed by atoms with van der Waals surface area (Å²) < 4.78 is 0.637. The molecule has 1 aromatic carbocycles. The predicted molar refractivity (Wildman–Crippen MR) is 49.2 cm³/mol. The van der Waals surface area contributed by atoms with E-state index in [1.807, 2.05) is 18.5 Å². The van der Waals surface area contributed by atoms with Crippen LogP contribution in [0.5, 0.6) is 5.75 Å². The largest absolute Gasteiger partial charge is 0.506 e. The lowest BCUT2D eigenvalue weighted by Gasteiger charge is -2.08. The fourth-order valence-corrected chi connectivity index (χ4v) is 1.38. The topological polar surface area (TPSA) is 52.5 Å². The van der Waals surface area contributed by atoms with Gasteiger partial charge < -0.3 is 10.3 Å². The van der Waals surface area contributed by atoms with E-state index in [4.69, 9.17) is 5.21 Å². The summed E-state index contributed by atoms with van der Waals surface area (Å²) in [5.74, 6) is 0.177. The Morgan fingerprint density at radius 2 is 2.17 bits per heavy atom. The van der Waals surface area contributed by atoms with Crippen molar-refractivity contribution >= 4 is 15.9 Å². The number of hydrogen-bond donors (Lipinski definition) is 3. The molecule has 0 saturated heterocycles. The van der Waals surface area contributed by atoms with Crippen molar-refractivity contribution in [2.24, 2.45) is 0 Å². The van der Waals surface area contributed by atoms with Gasteiger partial charge in [-0.25, -0.2) is 5.48 Å². The first-order valence-electron chi connectivity index (χ1n) is 3.50. The highest BCUT2D eigenvalue weighted by Gasteiger charge is 2.07. The Morgan fingerprint density at radius 1 is 1.50 bits per heavy atom. The number of hydroxylamine groups is 1. The molecule has 0 amide bonds. The van der Waals surface area contributed by atoms with Crippen molar-refractivity contribution in [3.63, 3.8) is 0 Å². The van der Waals surface area contributed by atoms with Crippen LogP contribution in [0.1, 0.15) is 11.1 Å². The number of phenolic OH excluding ortho intramolecular Hbond substituents is 1. The van der Waals surface area contributed by atoms with E-state index in [0.29, 0.717) is 10.0 Å². The van der Waals surface area contributed by atoms with Crippen molar-refractivity contribution in [2.75, 3.05) is 0 Å². The maximum atomic E-state index is 9.51. The molecule has 66 valence electrons. The van der Waals surface area contributed by atoms with E-state index in [1.165, 1.54) is 0 Å². The summed E-state index contributed by atoms with van der Waals surface area (Å²) in [6, 6.07) is 3.64. The minimum absolute atomic E-state index is 0.177. The molecule has 0 radical (unpaired) electrons. The molecule has 0 aliphatic carbocycles. The van der Waals surface area contributed by atoms with Crippen LogP contribution in [0, 0.1) is 6.92 Å². The molecule has 0 spiro atoms. The quantitative estimate of drug-likeness (QED) is 0.683. The number of phenols is 1. The lowest BCUT2D eigenvalue weighted by atomic mass is 10.1. The molecule has 0 aliphatic heterocycles. The van der Waals surface area contributed by atoms with E-state index in [1.54, 1.807) is 6.07 Å². The van der Waals surface area contributed by atoms with Crippen molar-refractivity contribution < 1.29 is 10.3 Å². The van der Waals surface area contributed by atoms with Crippen LogP contribution in [0.15, 0.2) is 16.6 Å². The van der Waals surface area contributed by atoms with Gasteiger partial charge in [0.25, 0.3) is 0 Å². The van der Waals surface area contributed by atoms with Gasteiger partial charge in [-0.05, 0) is 34.5 Å². The van der Waals surface area contributed by atoms with E-state index in [-0.39, 0.29) is 12.3 Å². The van der Waals surface area contributed by atoms with Crippen molar-refractivity contribution in [3.05, 3.63) is 27.7 Å². The van der Waals surface area contributed by atoms with Crippen molar-refractivity contribution in [2.45, 2.75) is 13.5 Å². The monoisotopic (exact) mass is 231 g/mol. The second-order valence-electron chi connectivity index (χ2n) is 2.53. The van der Waals surface area contributed by atoms with Crippen LogP contribution in [0.2, 0.25) is 0 Å². The number of aromatic hydroxyl groups is 1. The van der Waals surface area contributed by atoms with Crippen LogP contribution in [0.25, 0.3) is 0 Å². The summed E-state index contributed by atoms with van der Waals surface area (Å²) in [4.78, 5) is 0. The van der Waals surface area contributed by atoms with Gasteiger partial charge in [-0.15, -0.1) is 0 Å². The van der Waals surface area contributed by atoms with Crippen LogP contribution in [-0.2, 0) is 6.54 Å². The summed E-state index contributed by atoms with van der Waals surface area (Å²) >= 11 is 3.19. The molecular weight excluding hydrogens is 222 g/mol. The molecule has 0 atom stereocenters. The Balaban J connectivity index is 3.14. The van der Waals surface area contributed by atoms with Gasteiger partial charge in [0.1, 0.15) is 5.75 Å². The normalized spacial score (nSPS) is 10.2. The lowest BCUT2D eigenvalue weighted by molar-refractivity contribution is 0.160. The smallest absolute Gasteiger partial charge is 0.134 e. The van der Waals surface area contributed by atoms with E-state index >= 15 is 0 Å². The van der Waals surface area contributed by atoms with Gasteiger partial charge >= 0.3 is 0 Å². The lowest BCUT2D eigenvalue weighted by Crippen LogP contribution is -2.07. The zero-order valence-electron chi connectivity index (χ0n) is 6.63. The van der Waals surface area contributed by atoms with Gasteiger partial charge in [0.15, 0.2) is 0 Å². The molecular formula is C8H10BrNO2. The zero-order chi connectivity index (χ0) is 9.14. The summed E-state index contributed by atoms with van der Waals surface area (Å²) in [6.07, 6.45) is 0. The van der Waals surface area contributed by atoms with Gasteiger partial charge in [-0.3, -0.25) is 0 Å². The molecule has 0 bridgehead atoms. The molecule has 0 aromatic heterocycles. The van der Waals surface area contributed by atoms with Crippen LogP contribution >= 0.6 is 15.9 Å². The molecule has 0 aliphatic rings. The van der Waals surface area contributed by atoms with Crippen LogP contribution in [0.4, 0.5) is 0 Å². The van der Waals surface area contributed by atoms with Gasteiger partial charge in [0.2, 0.25) is 0 Å². The Labute approximate surface area is 79.1 Å². The van der Waals surface area contributed by atoms with Crippen molar-refractivity contribution in [1.29, 1.82) is 0 Å². The van der Waals surface area contributed by atoms with Crippen molar-refractivity contribution in [1.82, 2.24) is 5.48 Å². The Hall–Kier alpha value is -0.580. The summed E-state index contributed by atoms with van der Waals surface area (Å²) in [5.41, 5.74) is 3.65. The third kappa shape index (κ3) is 1.77. The van der Waals surface area contributed by atoms with E-state index < -0.39 is 0 Å². The molecule has 0 unspecified atom stereocenters. The maximum Gasteiger partial charge on any atom is 0.134 e. The summed E-state index contributed by atoms with van der Waals surface area (Å²) in [6.45, 7) is 2.12. The molecule has 0 heterocycles. The predicted octanol–water partition coefficient (Wildman–Crippen LogP) is 1.94. The number of halogens is 1. The highest BCUT2D eigenvalue weighted by molar-refractivity contribution is 9.10. The van der Waals surface area contributed by atoms with Gasteiger partial charge in [-0.1, -0.05) is 6.07 Å². The van der Waals surface area contributed by atoms with Crippen molar-refractivity contribution in [3.8, 4) is 5.75 Å². The number of benzene rings is 1. The first kappa shape index (κ1) is 9.51. The highest BCUT2D eigenvalue weighted by Crippen LogP contribution is 2.29. The fraction of sp³-hybridized carbons (Fsp3) is 0.250. The average Bonchev–Trinajstić information content (AvgIpc) is 2.06. The molecule has 4 heteroatoms. The summed E-state index contributed by atoms with van der Waals surface area (Å²) in [5, 5.41) is 18.0. The third-order valence-electron chi connectivity index (χ3n) is 1.72. The average molecular weight is 232 g/mol. The van der Waals surface area contributed by atoms with Crippen LogP contribution in [0.3, 0.4) is 0 Å². The molecule has 1 aromatic rings. The van der Waals surface area contributed by atoms with Gasteiger partial charge in [-0.2, -0.15) is 0 Å². The Morgan fingerprint density at radius 3 is 2.75 bits per heavy atom. The van der Waals surface area contributed by atoms with E-state index in [2.05, 4.69) is 15.9 Å². The van der Waals surface area contributed by atoms with E-state index in [0.717, 1.165) is 5.56 Å². The molecule has 0 fully saturated rings. The van der Waals surface area contributed by atoms with Crippen LogP contribution < -0.4 is 5.48 Å². The maximum absolute atomic E-state index is 9.51. The molecule has 12 heavy (non-hydrogen) atoms. The third-order valence-corrected chi connectivity index (χ3v) is 2.36. The molecule has 0 saturated carbocycles. The zero-order valence-corrected chi connectivity index (χ0v) is 8.22. The molecule has 1 rings (SSSR count). The Kier molecular flexibility index (Phi) is 3.08. The summed E-state index contributed by atoms with van der Waals surface area (Å²) in [7, 11) is 0. The SMILES string of the molecule is Cc1ccc(Br)c(O)c1CNO. The first-order chi connectivity index (χ1) is 5.66. The molecule has 3 nitrogen and oxygen atoms in total. The molecule has 3 N–H and O–H groups in total. The second kappa shape index (κ2) is 3.89. The van der Waals surface area contributed by atoms with Gasteiger partial charge in [0, 0.05) is 12.1 Å². The number of nitrogens with one attached hydrogen (secondary N) is 1. The second-order valence-corrected chi connectivity index (χ2v) is 3.38. The van der Waals surface area contributed by atoms with E-state index in [9.17, 15) is 5.11 Å². The minimum Gasteiger partial charge on any atom is -0.506 e. The number of hydrogen-bond acceptors (Lipinski definition) is 3. The Bertz CT molecular complexity index is 289. The van der Waals surface area contributed by atoms with Crippen LogP contribution in [-0.4, -0.2) is 10.3 Å². The van der Waals surface area contributed by atoms with Gasteiger partial charge in [0.05, 0.1) is 4.47 Å². The highest BCUT2D eigenvalue weighted by atomic mass is 79.9. The number of aryl methyl sites for hydroxylation is 1. The standard InChI is InChI=1S/C8H10BrNO2/c1-5-2-3-7(9)8(11)6(5)4-10-12/h2-3,10-12H,4H2,1H3. The number of rotatable bonds is 2. The fourth-order valence-electron chi connectivity index (χ4n) is 1.01. The minimum atomic E-state index is 0.177. The first-order valence-corrected chi connectivity index (χ1v) is 4.30.